The molecule has 0 fully saturated rings. The molecular weight excluding hydrogens is 679 g/mol. The molecule has 0 radical (unpaired) electrons. The summed E-state index contributed by atoms with van der Waals surface area (Å²) in [5, 5.41) is 14.8. The Morgan fingerprint density at radius 1 is 0.920 bits per heavy atom. The first kappa shape index (κ1) is 38.2. The summed E-state index contributed by atoms with van der Waals surface area (Å²) in [5.74, 6) is -3.29. The van der Waals surface area contributed by atoms with Crippen LogP contribution in [-0.4, -0.2) is 95.0 Å². The van der Waals surface area contributed by atoms with Crippen molar-refractivity contribution in [2.45, 2.75) is 71.6 Å². The van der Waals surface area contributed by atoms with Gasteiger partial charge < -0.3 is 31.1 Å². The van der Waals surface area contributed by atoms with Crippen LogP contribution in [0, 0.1) is 5.92 Å². The van der Waals surface area contributed by atoms with Gasteiger partial charge in [0.1, 0.15) is 28.8 Å². The Kier molecular flexibility index (Phi) is 13.2. The summed E-state index contributed by atoms with van der Waals surface area (Å²) in [6.07, 6.45) is 1.12. The lowest BCUT2D eigenvalue weighted by molar-refractivity contribution is -0.136. The number of thiazole rings is 1. The molecule has 3 heterocycles. The lowest BCUT2D eigenvalue weighted by Gasteiger charge is -2.29. The van der Waals surface area contributed by atoms with E-state index in [1.807, 2.05) is 43.3 Å². The minimum absolute atomic E-state index is 0.0416. The van der Waals surface area contributed by atoms with Crippen LogP contribution in [0.4, 0.5) is 0 Å². The van der Waals surface area contributed by atoms with Gasteiger partial charge in [-0.25, -0.2) is 4.98 Å². The fourth-order valence-electron chi connectivity index (χ4n) is 5.35. The number of aryl methyl sites for hydroxylation is 1. The van der Waals surface area contributed by atoms with Crippen molar-refractivity contribution in [1.82, 2.24) is 36.1 Å². The van der Waals surface area contributed by atoms with E-state index in [1.54, 1.807) is 31.7 Å². The molecule has 4 N–H and O–H groups in total. The average Bonchev–Trinajstić information content (AvgIpc) is 3.78. The molecule has 1 aliphatic heterocycles. The van der Waals surface area contributed by atoms with Crippen molar-refractivity contribution < 1.29 is 28.8 Å². The molecule has 0 aliphatic carbocycles. The number of nitrogens with one attached hydrogen (secondary N) is 4. The Morgan fingerprint density at radius 2 is 1.64 bits per heavy atom. The first-order valence-corrected chi connectivity index (χ1v) is 18.3. The van der Waals surface area contributed by atoms with Gasteiger partial charge in [-0.05, 0) is 44.2 Å². The number of benzene rings is 1. The first-order valence-electron chi connectivity index (χ1n) is 16.6. The number of thiophene rings is 1. The van der Waals surface area contributed by atoms with Crippen molar-refractivity contribution in [3.63, 3.8) is 0 Å². The van der Waals surface area contributed by atoms with Gasteiger partial charge in [0.15, 0.2) is 0 Å². The maximum absolute atomic E-state index is 13.8. The van der Waals surface area contributed by atoms with Crippen LogP contribution in [0.5, 0.6) is 0 Å². The molecule has 6 amide bonds. The Morgan fingerprint density at radius 3 is 2.30 bits per heavy atom. The largest absolute Gasteiger partial charge is 0.345 e. The number of carbonyl (C=O) groups excluding carboxylic acids is 6. The second-order valence-corrected chi connectivity index (χ2v) is 14.6. The van der Waals surface area contributed by atoms with E-state index in [9.17, 15) is 28.8 Å². The molecule has 0 spiro atoms. The van der Waals surface area contributed by atoms with Crippen LogP contribution < -0.4 is 21.3 Å². The van der Waals surface area contributed by atoms with Crippen molar-refractivity contribution >= 4 is 58.1 Å². The molecule has 50 heavy (non-hydrogen) atoms. The first-order chi connectivity index (χ1) is 23.8. The van der Waals surface area contributed by atoms with E-state index < -0.39 is 53.7 Å². The number of nitrogens with zero attached hydrogens (tertiary/aromatic N) is 3. The fourth-order valence-corrected chi connectivity index (χ4v) is 7.01. The highest BCUT2D eigenvalue weighted by molar-refractivity contribution is 7.10. The van der Waals surface area contributed by atoms with Crippen LogP contribution >= 0.6 is 22.7 Å². The minimum Gasteiger partial charge on any atom is -0.345 e. The number of hydrogen-bond acceptors (Lipinski definition) is 9. The van der Waals surface area contributed by atoms with Gasteiger partial charge in [0.05, 0.1) is 18.2 Å². The Bertz CT molecular complexity index is 1690. The van der Waals surface area contributed by atoms with E-state index in [2.05, 4.69) is 26.3 Å². The van der Waals surface area contributed by atoms with Crippen LogP contribution in [0.2, 0.25) is 0 Å². The van der Waals surface area contributed by atoms with Gasteiger partial charge in [-0.15, -0.1) is 22.7 Å². The van der Waals surface area contributed by atoms with Crippen LogP contribution in [-0.2, 0) is 32.0 Å². The van der Waals surface area contributed by atoms with Gasteiger partial charge in [0.25, 0.3) is 11.8 Å². The van der Waals surface area contributed by atoms with E-state index in [4.69, 9.17) is 0 Å². The Balaban J connectivity index is 1.68. The second kappa shape index (κ2) is 17.3. The topological polar surface area (TPSA) is 170 Å². The molecule has 2 aromatic heterocycles. The Hall–Kier alpha value is -4.63. The zero-order chi connectivity index (χ0) is 36.5. The molecule has 0 unspecified atom stereocenters. The molecule has 4 atom stereocenters. The van der Waals surface area contributed by atoms with E-state index >= 15 is 0 Å². The Labute approximate surface area is 300 Å². The predicted octanol–water partition coefficient (Wildman–Crippen LogP) is 2.55. The summed E-state index contributed by atoms with van der Waals surface area (Å²) in [4.78, 5) is 88.8. The third-order valence-electron chi connectivity index (χ3n) is 8.34. The van der Waals surface area contributed by atoms with Gasteiger partial charge in [-0.3, -0.25) is 28.8 Å². The molecule has 1 aromatic carbocycles. The summed E-state index contributed by atoms with van der Waals surface area (Å²) in [6.45, 7) is 8.38. The highest BCUT2D eigenvalue weighted by atomic mass is 32.1. The van der Waals surface area contributed by atoms with E-state index in [0.29, 0.717) is 17.0 Å². The molecular formula is C35H45N7O6S2. The molecule has 4 rings (SSSR count). The maximum Gasteiger partial charge on any atom is 0.271 e. The molecule has 0 saturated heterocycles. The number of fused-ring (bicyclic) bond motifs is 2. The molecule has 1 aliphatic rings. The third-order valence-corrected chi connectivity index (χ3v) is 10.4. The minimum atomic E-state index is -1.01. The summed E-state index contributed by atoms with van der Waals surface area (Å²) in [7, 11) is 1.56. The van der Waals surface area contributed by atoms with Crippen LogP contribution in [0.15, 0.2) is 47.2 Å². The normalized spacial score (nSPS) is 21.9. The number of hydrogen-bond donors (Lipinski definition) is 4. The standard InChI is InChI=1S/C35H45N7O6S2/c1-7-25-16-24(18-49-25)35(48)42-14-13-41(6)34(47)22(5)37-32(46)29(20(2)3)40-30(44)21(4)36-31(45)27-19-50-33(39-27)26(38-28(43)17-42)15-23-11-9-8-10-12-23/h8-12,16,18-22,26,29H,7,13-15,17H2,1-6H3,(H,36,45)(H,37,46)(H,38,43)(H,40,44)/t21-,22+,26-,29-/m0/s1. The van der Waals surface area contributed by atoms with Crippen molar-refractivity contribution in [1.29, 1.82) is 0 Å². The second-order valence-electron chi connectivity index (χ2n) is 12.7. The highest BCUT2D eigenvalue weighted by Gasteiger charge is 2.31. The molecule has 3 aromatic rings. The van der Waals surface area contributed by atoms with Crippen molar-refractivity contribution in [3.05, 3.63) is 73.9 Å². The van der Waals surface area contributed by atoms with Gasteiger partial charge in [-0.2, -0.15) is 0 Å². The van der Waals surface area contributed by atoms with Crippen LogP contribution in [0.1, 0.15) is 77.0 Å². The fraction of sp³-hybridized carbons (Fsp3) is 0.457. The monoisotopic (exact) mass is 723 g/mol. The lowest BCUT2D eigenvalue weighted by atomic mass is 10.0. The highest BCUT2D eigenvalue weighted by Crippen LogP contribution is 2.23. The summed E-state index contributed by atoms with van der Waals surface area (Å²) >= 11 is 2.65. The number of amides is 6. The smallest absolute Gasteiger partial charge is 0.271 e. The number of rotatable bonds is 5. The lowest BCUT2D eigenvalue weighted by Crippen LogP contribution is -2.57. The van der Waals surface area contributed by atoms with E-state index in [-0.39, 0.29) is 37.2 Å². The SMILES string of the molecule is CCc1cc(C(=O)N2CCN(C)C(=O)[C@@H](C)NC(=O)[C@H](C(C)C)NC(=O)[C@H](C)NC(=O)c3csc(n3)[C@H](Cc3ccccc3)NC(=O)C2)cs1. The molecule has 15 heteroatoms. The summed E-state index contributed by atoms with van der Waals surface area (Å²) in [5.41, 5.74) is 1.44. The average molecular weight is 724 g/mol. The molecule has 13 nitrogen and oxygen atoms in total. The van der Waals surface area contributed by atoms with Gasteiger partial charge in [0.2, 0.25) is 23.6 Å². The third kappa shape index (κ3) is 9.97. The van der Waals surface area contributed by atoms with Crippen molar-refractivity contribution in [3.8, 4) is 0 Å². The van der Waals surface area contributed by atoms with E-state index in [0.717, 1.165) is 16.9 Å². The summed E-state index contributed by atoms with van der Waals surface area (Å²) in [6, 6.07) is 7.72. The van der Waals surface area contributed by atoms with Crippen molar-refractivity contribution in [2.24, 2.45) is 5.92 Å². The molecule has 0 saturated carbocycles. The quantitative estimate of drug-likeness (QED) is 0.314. The maximum atomic E-state index is 13.8. The van der Waals surface area contributed by atoms with Gasteiger partial charge in [0, 0.05) is 35.8 Å². The van der Waals surface area contributed by atoms with Crippen LogP contribution in [0.3, 0.4) is 0 Å². The zero-order valence-electron chi connectivity index (χ0n) is 29.1. The molecule has 2 bridgehead atoms. The number of likely N-dealkylation sites (N-methyl/N-ethyl adjacent to an activating group) is 1. The van der Waals surface area contributed by atoms with Gasteiger partial charge in [-0.1, -0.05) is 51.1 Å². The predicted molar refractivity (Wildman–Crippen MR) is 192 cm³/mol. The van der Waals surface area contributed by atoms with Gasteiger partial charge >= 0.3 is 0 Å². The van der Waals surface area contributed by atoms with E-state index in [1.165, 1.54) is 46.3 Å². The zero-order valence-corrected chi connectivity index (χ0v) is 30.8. The van der Waals surface area contributed by atoms with Crippen molar-refractivity contribution in [2.75, 3.05) is 26.7 Å². The number of carbonyl (C=O) groups is 6. The summed E-state index contributed by atoms with van der Waals surface area (Å²) < 4.78 is 0. The molecule has 268 valence electrons. The van der Waals surface area contributed by atoms with Crippen LogP contribution in [0.25, 0.3) is 0 Å². The number of aromatic nitrogens is 1.